The standard InChI is InChI=1S/C23H22ClF3O2.Na.H/c1-14-16(10-7-11-17(14)15-8-5-4-6-9-15)13-29-21(28)20-18(22(20,2)3)12-19(24)23(25,26)27;;/h4-12,18,20H,13H2,1-3H3;;/b19-12-;;. The molecule has 1 aliphatic carbocycles. The molecule has 2 atom stereocenters. The Labute approximate surface area is 201 Å². The maximum absolute atomic E-state index is 12.7. The minimum atomic E-state index is -4.61. The molecule has 156 valence electrons. The third kappa shape index (κ3) is 5.31. The van der Waals surface area contributed by atoms with E-state index in [4.69, 9.17) is 16.3 Å². The summed E-state index contributed by atoms with van der Waals surface area (Å²) in [5.74, 6) is -1.75. The summed E-state index contributed by atoms with van der Waals surface area (Å²) in [6.07, 6.45) is -3.68. The molecule has 3 rings (SSSR count). The molecule has 0 saturated heterocycles. The van der Waals surface area contributed by atoms with Crippen LogP contribution in [0.3, 0.4) is 0 Å². The fourth-order valence-electron chi connectivity index (χ4n) is 3.70. The average molecular weight is 447 g/mol. The zero-order valence-corrected chi connectivity index (χ0v) is 17.1. The van der Waals surface area contributed by atoms with Crippen LogP contribution in [-0.2, 0) is 16.1 Å². The zero-order valence-electron chi connectivity index (χ0n) is 16.4. The number of ether oxygens (including phenoxy) is 1. The number of allylic oxidation sites excluding steroid dienone is 2. The van der Waals surface area contributed by atoms with E-state index in [-0.39, 0.29) is 36.2 Å². The van der Waals surface area contributed by atoms with Crippen LogP contribution in [0.15, 0.2) is 59.6 Å². The average Bonchev–Trinajstić information content (AvgIpc) is 3.20. The number of hydrogen-bond donors (Lipinski definition) is 0. The van der Waals surface area contributed by atoms with Crippen LogP contribution in [0.25, 0.3) is 11.1 Å². The van der Waals surface area contributed by atoms with Crippen molar-refractivity contribution in [3.63, 3.8) is 0 Å². The first-order valence-electron chi connectivity index (χ1n) is 9.28. The van der Waals surface area contributed by atoms with Crippen molar-refractivity contribution in [2.45, 2.75) is 33.6 Å². The van der Waals surface area contributed by atoms with Crippen molar-refractivity contribution >= 4 is 47.1 Å². The van der Waals surface area contributed by atoms with Crippen LogP contribution in [0.1, 0.15) is 25.0 Å². The predicted molar refractivity (Wildman–Crippen MR) is 114 cm³/mol. The van der Waals surface area contributed by atoms with Crippen molar-refractivity contribution < 1.29 is 22.7 Å². The molecule has 1 aliphatic rings. The van der Waals surface area contributed by atoms with Gasteiger partial charge in [-0.15, -0.1) is 0 Å². The Morgan fingerprint density at radius 3 is 2.37 bits per heavy atom. The summed E-state index contributed by atoms with van der Waals surface area (Å²) in [7, 11) is 0. The Morgan fingerprint density at radius 2 is 1.77 bits per heavy atom. The van der Waals surface area contributed by atoms with Gasteiger partial charge in [-0.05, 0) is 40.5 Å². The molecule has 1 fully saturated rings. The summed E-state index contributed by atoms with van der Waals surface area (Å²) < 4.78 is 43.5. The molecule has 0 radical (unpaired) electrons. The fraction of sp³-hybridized carbons (Fsp3) is 0.348. The zero-order chi connectivity index (χ0) is 21.4. The third-order valence-corrected chi connectivity index (χ3v) is 6.00. The summed E-state index contributed by atoms with van der Waals surface area (Å²) in [6, 6.07) is 15.6. The van der Waals surface area contributed by atoms with E-state index in [0.717, 1.165) is 28.3 Å². The molecule has 30 heavy (non-hydrogen) atoms. The fourth-order valence-corrected chi connectivity index (χ4v) is 3.84. The van der Waals surface area contributed by atoms with Crippen molar-refractivity contribution in [1.29, 1.82) is 0 Å². The van der Waals surface area contributed by atoms with Crippen LogP contribution < -0.4 is 0 Å². The van der Waals surface area contributed by atoms with E-state index in [1.165, 1.54) is 0 Å². The van der Waals surface area contributed by atoms with Crippen LogP contribution in [0, 0.1) is 24.2 Å². The molecule has 0 heterocycles. The molecule has 0 amide bonds. The molecule has 7 heteroatoms. The second-order valence-corrected chi connectivity index (χ2v) is 8.31. The van der Waals surface area contributed by atoms with Gasteiger partial charge < -0.3 is 4.74 Å². The molecular formula is C23H23ClF3NaO2. The second-order valence-electron chi connectivity index (χ2n) is 7.90. The molecule has 2 nitrogen and oxygen atoms in total. The minimum absolute atomic E-state index is 0. The second kappa shape index (κ2) is 9.47. The van der Waals surface area contributed by atoms with Gasteiger partial charge in [-0.25, -0.2) is 0 Å². The van der Waals surface area contributed by atoms with Gasteiger partial charge in [-0.1, -0.05) is 80.1 Å². The van der Waals surface area contributed by atoms with Crippen LogP contribution in [0.2, 0.25) is 0 Å². The molecule has 2 unspecified atom stereocenters. The van der Waals surface area contributed by atoms with Crippen molar-refractivity contribution in [1.82, 2.24) is 0 Å². The van der Waals surface area contributed by atoms with Crippen LogP contribution in [0.5, 0.6) is 0 Å². The normalized spacial score (nSPS) is 20.3. The molecule has 0 aliphatic heterocycles. The predicted octanol–water partition coefficient (Wildman–Crippen LogP) is 6.01. The molecule has 0 bridgehead atoms. The summed E-state index contributed by atoms with van der Waals surface area (Å²) >= 11 is 5.34. The number of halogens is 4. The van der Waals surface area contributed by atoms with E-state index in [0.29, 0.717) is 0 Å². The maximum atomic E-state index is 12.7. The topological polar surface area (TPSA) is 26.3 Å². The first-order valence-corrected chi connectivity index (χ1v) is 9.66. The Hall–Kier alpha value is -1.27. The van der Waals surface area contributed by atoms with E-state index >= 15 is 0 Å². The van der Waals surface area contributed by atoms with Gasteiger partial charge in [0, 0.05) is 0 Å². The Kier molecular flexibility index (Phi) is 7.89. The number of carbonyl (C=O) groups is 1. The Bertz CT molecular complexity index is 939. The van der Waals surface area contributed by atoms with Crippen LogP contribution in [0.4, 0.5) is 13.2 Å². The molecule has 0 N–H and O–H groups in total. The Morgan fingerprint density at radius 1 is 1.13 bits per heavy atom. The van der Waals surface area contributed by atoms with Gasteiger partial charge in [0.2, 0.25) is 0 Å². The Balaban J connectivity index is 0.00000320. The van der Waals surface area contributed by atoms with E-state index in [1.807, 2.05) is 55.5 Å². The summed E-state index contributed by atoms with van der Waals surface area (Å²) in [5.41, 5.74) is 3.34. The number of esters is 1. The number of benzene rings is 2. The molecule has 2 aromatic rings. The van der Waals surface area contributed by atoms with Crippen molar-refractivity contribution in [2.75, 3.05) is 0 Å². The molecule has 1 saturated carbocycles. The quantitative estimate of drug-likeness (QED) is 0.415. The van der Waals surface area contributed by atoms with E-state index < -0.39 is 34.4 Å². The summed E-state index contributed by atoms with van der Waals surface area (Å²) in [6.45, 7) is 5.51. The van der Waals surface area contributed by atoms with Gasteiger partial charge in [0.25, 0.3) is 0 Å². The van der Waals surface area contributed by atoms with E-state index in [2.05, 4.69) is 0 Å². The van der Waals surface area contributed by atoms with Crippen LogP contribution >= 0.6 is 11.6 Å². The number of carbonyl (C=O) groups excluding carboxylic acids is 1. The van der Waals surface area contributed by atoms with E-state index in [1.54, 1.807) is 13.8 Å². The first-order chi connectivity index (χ1) is 13.5. The summed E-state index contributed by atoms with van der Waals surface area (Å²) in [4.78, 5) is 12.5. The third-order valence-electron chi connectivity index (χ3n) is 5.66. The van der Waals surface area contributed by atoms with Crippen LogP contribution in [-0.4, -0.2) is 41.7 Å². The summed E-state index contributed by atoms with van der Waals surface area (Å²) in [5, 5.41) is -1.20. The monoisotopic (exact) mass is 446 g/mol. The van der Waals surface area contributed by atoms with Gasteiger partial charge in [0.15, 0.2) is 0 Å². The number of hydrogen-bond acceptors (Lipinski definition) is 2. The number of rotatable bonds is 5. The SMILES string of the molecule is Cc1c(COC(=O)C2C(/C=C(\Cl)C(F)(F)F)C2(C)C)cccc1-c1ccccc1.[NaH]. The van der Waals surface area contributed by atoms with Gasteiger partial charge in [0.05, 0.1) is 5.92 Å². The molecule has 2 aromatic carbocycles. The van der Waals surface area contributed by atoms with Crippen molar-refractivity contribution in [3.8, 4) is 11.1 Å². The van der Waals surface area contributed by atoms with Gasteiger partial charge in [-0.2, -0.15) is 13.2 Å². The molecular weight excluding hydrogens is 424 g/mol. The van der Waals surface area contributed by atoms with Gasteiger partial charge in [0.1, 0.15) is 11.6 Å². The van der Waals surface area contributed by atoms with Crippen molar-refractivity contribution in [2.24, 2.45) is 17.3 Å². The van der Waals surface area contributed by atoms with E-state index in [9.17, 15) is 18.0 Å². The van der Waals surface area contributed by atoms with Gasteiger partial charge >= 0.3 is 41.7 Å². The first kappa shape index (κ1) is 25.0. The van der Waals surface area contributed by atoms with Gasteiger partial charge in [-0.3, -0.25) is 4.79 Å². The number of alkyl halides is 3. The van der Waals surface area contributed by atoms with Crippen molar-refractivity contribution in [3.05, 3.63) is 70.8 Å². The molecule has 0 spiro atoms. The molecule has 0 aromatic heterocycles.